The number of aliphatic hydroxyl groups excluding tert-OH is 1. The zero-order valence-corrected chi connectivity index (χ0v) is 33.8. The van der Waals surface area contributed by atoms with Crippen molar-refractivity contribution in [2.45, 2.75) is 199 Å². The summed E-state index contributed by atoms with van der Waals surface area (Å²) in [4.78, 5) is 25.1. The third kappa shape index (κ3) is 35.4. The van der Waals surface area contributed by atoms with Crippen molar-refractivity contribution in [3.8, 4) is 0 Å². The molecule has 0 heterocycles. The summed E-state index contributed by atoms with van der Waals surface area (Å²) in [5, 5.41) is 13.8. The van der Waals surface area contributed by atoms with Crippen LogP contribution in [-0.2, 0) is 18.4 Å². The van der Waals surface area contributed by atoms with Crippen molar-refractivity contribution in [1.82, 2.24) is 5.32 Å². The van der Waals surface area contributed by atoms with Gasteiger partial charge in [0.1, 0.15) is 13.2 Å². The first-order chi connectivity index (χ1) is 23.5. The molecule has 0 radical (unpaired) electrons. The van der Waals surface area contributed by atoms with Gasteiger partial charge in [-0.1, -0.05) is 161 Å². The van der Waals surface area contributed by atoms with Crippen molar-refractivity contribution in [1.29, 1.82) is 0 Å². The Balaban J connectivity index is 4.34. The van der Waals surface area contributed by atoms with Gasteiger partial charge in [0.05, 0.1) is 39.9 Å². The van der Waals surface area contributed by atoms with Crippen molar-refractivity contribution in [3.05, 3.63) is 12.2 Å². The summed E-state index contributed by atoms with van der Waals surface area (Å²) in [6, 6.07) is -0.809. The van der Waals surface area contributed by atoms with Gasteiger partial charge in [0, 0.05) is 6.42 Å². The first-order valence-corrected chi connectivity index (χ1v) is 22.0. The van der Waals surface area contributed by atoms with E-state index in [4.69, 9.17) is 9.05 Å². The number of allylic oxidation sites excluding steroid dienone is 2. The Morgan fingerprint density at radius 2 is 1.12 bits per heavy atom. The number of nitrogens with one attached hydrogen (secondary N) is 1. The molecular weight excluding hydrogens is 635 g/mol. The minimum absolute atomic E-state index is 0.00921. The van der Waals surface area contributed by atoms with Gasteiger partial charge in [-0.2, -0.15) is 0 Å². The molecule has 292 valence electrons. The summed E-state index contributed by atoms with van der Waals surface area (Å²) in [7, 11) is 1.29. The predicted octanol–water partition coefficient (Wildman–Crippen LogP) is 10.2. The number of phosphoric ester groups is 1. The molecule has 3 unspecified atom stereocenters. The van der Waals surface area contributed by atoms with E-state index < -0.39 is 20.0 Å². The minimum atomic E-state index is -4.56. The summed E-state index contributed by atoms with van der Waals surface area (Å²) in [6.07, 6.45) is 35.1. The number of aliphatic hydroxyl groups is 1. The van der Waals surface area contributed by atoms with Crippen molar-refractivity contribution in [2.75, 3.05) is 40.9 Å². The van der Waals surface area contributed by atoms with Gasteiger partial charge >= 0.3 is 0 Å². The molecule has 3 atom stereocenters. The summed E-state index contributed by atoms with van der Waals surface area (Å²) < 4.78 is 23.1. The van der Waals surface area contributed by atoms with Crippen LogP contribution in [0.3, 0.4) is 0 Å². The van der Waals surface area contributed by atoms with E-state index in [0.29, 0.717) is 30.3 Å². The average Bonchev–Trinajstić information content (AvgIpc) is 3.04. The molecule has 0 aliphatic carbocycles. The van der Waals surface area contributed by atoms with Gasteiger partial charge in [-0.15, -0.1) is 0 Å². The Labute approximate surface area is 303 Å². The molecule has 0 saturated heterocycles. The molecule has 0 aliphatic heterocycles. The summed E-state index contributed by atoms with van der Waals surface area (Å²) >= 11 is 0. The number of hydrogen-bond donors (Lipinski definition) is 2. The Morgan fingerprint density at radius 3 is 1.59 bits per heavy atom. The van der Waals surface area contributed by atoms with Gasteiger partial charge in [0.25, 0.3) is 7.82 Å². The zero-order chi connectivity index (χ0) is 36.5. The van der Waals surface area contributed by atoms with E-state index in [0.717, 1.165) is 32.1 Å². The highest BCUT2D eigenvalue weighted by Crippen LogP contribution is 2.38. The molecule has 9 heteroatoms. The van der Waals surface area contributed by atoms with Crippen LogP contribution in [0.25, 0.3) is 0 Å². The van der Waals surface area contributed by atoms with E-state index in [1.54, 1.807) is 0 Å². The Hall–Kier alpha value is -0.760. The normalized spacial score (nSPS) is 14.7. The number of carbonyl (C=O) groups excluding carboxylic acids is 1. The highest BCUT2D eigenvalue weighted by atomic mass is 31.2. The molecule has 0 aliphatic rings. The van der Waals surface area contributed by atoms with E-state index in [1.165, 1.54) is 122 Å². The maximum Gasteiger partial charge on any atom is 0.268 e. The van der Waals surface area contributed by atoms with Gasteiger partial charge in [-0.25, -0.2) is 0 Å². The molecule has 49 heavy (non-hydrogen) atoms. The number of carbonyl (C=O) groups is 1. The van der Waals surface area contributed by atoms with Gasteiger partial charge in [0.2, 0.25) is 5.91 Å². The van der Waals surface area contributed by atoms with Crippen molar-refractivity contribution in [3.63, 3.8) is 0 Å². The van der Waals surface area contributed by atoms with Gasteiger partial charge < -0.3 is 28.8 Å². The highest BCUT2D eigenvalue weighted by molar-refractivity contribution is 7.45. The second kappa shape index (κ2) is 33.1. The molecule has 0 saturated carbocycles. The molecule has 0 fully saturated rings. The van der Waals surface area contributed by atoms with Crippen LogP contribution in [0, 0.1) is 0 Å². The maximum absolute atomic E-state index is 12.7. The third-order valence-corrected chi connectivity index (χ3v) is 10.2. The summed E-state index contributed by atoms with van der Waals surface area (Å²) in [5.41, 5.74) is 0. The van der Waals surface area contributed by atoms with Crippen LogP contribution in [-0.4, -0.2) is 68.5 Å². The number of hydrogen-bond acceptors (Lipinski definition) is 6. The molecule has 0 aromatic rings. The largest absolute Gasteiger partial charge is 0.756 e. The molecule has 0 bridgehead atoms. The van der Waals surface area contributed by atoms with Gasteiger partial charge in [0.15, 0.2) is 0 Å². The molecule has 0 aromatic carbocycles. The molecular formula is C40H81N2O6P. The zero-order valence-electron chi connectivity index (χ0n) is 32.9. The second-order valence-corrected chi connectivity index (χ2v) is 16.8. The number of phosphoric acid groups is 1. The first-order valence-electron chi connectivity index (χ1n) is 20.5. The fraction of sp³-hybridized carbons (Fsp3) is 0.925. The number of rotatable bonds is 37. The highest BCUT2D eigenvalue weighted by Gasteiger charge is 2.24. The predicted molar refractivity (Wildman–Crippen MR) is 205 cm³/mol. The molecule has 0 rings (SSSR count). The number of unbranched alkanes of at least 4 members (excludes halogenated alkanes) is 22. The van der Waals surface area contributed by atoms with Crippen LogP contribution in [0.5, 0.6) is 0 Å². The SMILES string of the molecule is CCCCCC/C=C\CCCC(=O)NC(COP(=O)([O-])OCC[N+](C)(C)C)C(O)CCCCCCCCCCCCCCCCCCCC. The van der Waals surface area contributed by atoms with Crippen molar-refractivity contribution in [2.24, 2.45) is 0 Å². The van der Waals surface area contributed by atoms with E-state index in [2.05, 4.69) is 31.3 Å². The quantitative estimate of drug-likeness (QED) is 0.0287. The van der Waals surface area contributed by atoms with Crippen LogP contribution in [0.1, 0.15) is 187 Å². The maximum atomic E-state index is 12.7. The van der Waals surface area contributed by atoms with E-state index >= 15 is 0 Å². The van der Waals surface area contributed by atoms with Gasteiger partial charge in [-0.3, -0.25) is 9.36 Å². The summed E-state index contributed by atoms with van der Waals surface area (Å²) in [6.45, 7) is 4.66. The smallest absolute Gasteiger partial charge is 0.268 e. The Kier molecular flexibility index (Phi) is 32.6. The lowest BCUT2D eigenvalue weighted by atomic mass is 10.0. The van der Waals surface area contributed by atoms with E-state index in [1.807, 2.05) is 21.1 Å². The van der Waals surface area contributed by atoms with Crippen LogP contribution in [0.15, 0.2) is 12.2 Å². The average molecular weight is 717 g/mol. The lowest BCUT2D eigenvalue weighted by molar-refractivity contribution is -0.870. The Morgan fingerprint density at radius 1 is 0.694 bits per heavy atom. The van der Waals surface area contributed by atoms with Gasteiger partial charge in [-0.05, 0) is 32.1 Å². The number of nitrogens with zero attached hydrogens (tertiary/aromatic N) is 1. The number of likely N-dealkylation sites (N-methyl/N-ethyl adjacent to an activating group) is 1. The third-order valence-electron chi connectivity index (χ3n) is 9.25. The van der Waals surface area contributed by atoms with Crippen molar-refractivity contribution >= 4 is 13.7 Å². The fourth-order valence-electron chi connectivity index (χ4n) is 5.92. The number of quaternary nitrogens is 1. The molecule has 0 aromatic heterocycles. The summed E-state index contributed by atoms with van der Waals surface area (Å²) in [5.74, 6) is -0.200. The molecule has 2 N–H and O–H groups in total. The lowest BCUT2D eigenvalue weighted by Crippen LogP contribution is -2.46. The van der Waals surface area contributed by atoms with Crippen LogP contribution in [0.4, 0.5) is 0 Å². The Bertz CT molecular complexity index is 819. The number of amides is 1. The van der Waals surface area contributed by atoms with E-state index in [9.17, 15) is 19.4 Å². The monoisotopic (exact) mass is 717 g/mol. The van der Waals surface area contributed by atoms with E-state index in [-0.39, 0.29) is 19.1 Å². The molecule has 0 spiro atoms. The van der Waals surface area contributed by atoms with Crippen molar-refractivity contribution < 1.29 is 32.9 Å². The first kappa shape index (κ1) is 48.2. The minimum Gasteiger partial charge on any atom is -0.756 e. The second-order valence-electron chi connectivity index (χ2n) is 15.3. The molecule has 1 amide bonds. The fourth-order valence-corrected chi connectivity index (χ4v) is 6.65. The van der Waals surface area contributed by atoms with Crippen LogP contribution < -0.4 is 10.2 Å². The topological polar surface area (TPSA) is 108 Å². The lowest BCUT2D eigenvalue weighted by Gasteiger charge is -2.30. The van der Waals surface area contributed by atoms with Crippen LogP contribution >= 0.6 is 7.82 Å². The van der Waals surface area contributed by atoms with Crippen LogP contribution in [0.2, 0.25) is 0 Å². The standard InChI is InChI=1S/C40H81N2O6P/c1-6-8-10-12-14-16-17-18-19-20-21-22-23-24-26-27-29-31-33-39(43)38(37-48-49(45,46)47-36-35-42(3,4)5)41-40(44)34-32-30-28-25-15-13-11-9-7-2/h25,28,38-39,43H,6-24,26-27,29-37H2,1-5H3,(H-,41,44,45,46)/b28-25-. The molecule has 8 nitrogen and oxygen atoms in total.